The Morgan fingerprint density at radius 1 is 1.44 bits per heavy atom. The fraction of sp³-hybridized carbons (Fsp3) is 0.583. The molecule has 1 saturated heterocycles. The van der Waals surface area contributed by atoms with Crippen molar-refractivity contribution in [2.24, 2.45) is 17.4 Å². The summed E-state index contributed by atoms with van der Waals surface area (Å²) < 4.78 is 0. The smallest absolute Gasteiger partial charge is 0.225 e. The average molecular weight is 249 g/mol. The molecule has 1 amide bonds. The van der Waals surface area contributed by atoms with Crippen LogP contribution in [0.15, 0.2) is 12.4 Å². The molecule has 0 bridgehead atoms. The second-order valence-corrected chi connectivity index (χ2v) is 4.77. The highest BCUT2D eigenvalue weighted by Crippen LogP contribution is 2.24. The molecule has 1 aromatic heterocycles. The van der Waals surface area contributed by atoms with Crippen molar-refractivity contribution in [3.8, 4) is 0 Å². The lowest BCUT2D eigenvalue weighted by Gasteiger charge is -2.36. The SMILES string of the molecule is CC1CCC(C(N)=O)CN1c1ncc(CN)cn1. The van der Waals surface area contributed by atoms with E-state index in [1.54, 1.807) is 12.4 Å². The minimum atomic E-state index is -0.245. The quantitative estimate of drug-likeness (QED) is 0.787. The Morgan fingerprint density at radius 2 is 2.11 bits per heavy atom. The molecule has 18 heavy (non-hydrogen) atoms. The van der Waals surface area contributed by atoms with Crippen molar-refractivity contribution in [1.82, 2.24) is 9.97 Å². The highest BCUT2D eigenvalue weighted by molar-refractivity contribution is 5.77. The monoisotopic (exact) mass is 249 g/mol. The number of hydrogen-bond acceptors (Lipinski definition) is 5. The molecule has 1 aromatic rings. The van der Waals surface area contributed by atoms with Gasteiger partial charge in [-0.25, -0.2) is 9.97 Å². The molecular weight excluding hydrogens is 230 g/mol. The number of anilines is 1. The van der Waals surface area contributed by atoms with Gasteiger partial charge in [0.25, 0.3) is 0 Å². The summed E-state index contributed by atoms with van der Waals surface area (Å²) >= 11 is 0. The first-order valence-corrected chi connectivity index (χ1v) is 6.18. The minimum Gasteiger partial charge on any atom is -0.369 e. The van der Waals surface area contributed by atoms with Crippen LogP contribution in [-0.4, -0.2) is 28.5 Å². The van der Waals surface area contributed by atoms with Crippen molar-refractivity contribution >= 4 is 11.9 Å². The van der Waals surface area contributed by atoms with Gasteiger partial charge in [-0.15, -0.1) is 0 Å². The molecule has 6 heteroatoms. The van der Waals surface area contributed by atoms with E-state index in [2.05, 4.69) is 16.9 Å². The Kier molecular flexibility index (Phi) is 3.76. The molecule has 2 heterocycles. The van der Waals surface area contributed by atoms with Gasteiger partial charge < -0.3 is 16.4 Å². The fourth-order valence-electron chi connectivity index (χ4n) is 2.22. The third-order valence-electron chi connectivity index (χ3n) is 3.47. The van der Waals surface area contributed by atoms with Crippen LogP contribution in [0.5, 0.6) is 0 Å². The van der Waals surface area contributed by atoms with Gasteiger partial charge >= 0.3 is 0 Å². The van der Waals surface area contributed by atoms with E-state index in [9.17, 15) is 4.79 Å². The number of nitrogens with zero attached hydrogens (tertiary/aromatic N) is 3. The molecule has 0 radical (unpaired) electrons. The molecule has 0 saturated carbocycles. The number of rotatable bonds is 3. The second-order valence-electron chi connectivity index (χ2n) is 4.77. The zero-order valence-corrected chi connectivity index (χ0v) is 10.5. The first-order valence-electron chi connectivity index (χ1n) is 6.18. The van der Waals surface area contributed by atoms with Crippen LogP contribution in [0.2, 0.25) is 0 Å². The van der Waals surface area contributed by atoms with E-state index >= 15 is 0 Å². The van der Waals surface area contributed by atoms with E-state index in [-0.39, 0.29) is 11.8 Å². The molecule has 2 rings (SSSR count). The van der Waals surface area contributed by atoms with Crippen molar-refractivity contribution in [2.75, 3.05) is 11.4 Å². The van der Waals surface area contributed by atoms with Crippen LogP contribution in [0, 0.1) is 5.92 Å². The van der Waals surface area contributed by atoms with Gasteiger partial charge in [-0.05, 0) is 19.8 Å². The summed E-state index contributed by atoms with van der Waals surface area (Å²) in [5, 5.41) is 0. The second kappa shape index (κ2) is 5.30. The Balaban J connectivity index is 2.15. The fourth-order valence-corrected chi connectivity index (χ4v) is 2.22. The Labute approximate surface area is 106 Å². The van der Waals surface area contributed by atoms with E-state index in [0.717, 1.165) is 18.4 Å². The van der Waals surface area contributed by atoms with Crippen LogP contribution in [0.4, 0.5) is 5.95 Å². The highest BCUT2D eigenvalue weighted by atomic mass is 16.1. The molecule has 1 aliphatic heterocycles. The van der Waals surface area contributed by atoms with Gasteiger partial charge in [0, 0.05) is 37.1 Å². The lowest BCUT2D eigenvalue weighted by atomic mass is 9.93. The van der Waals surface area contributed by atoms with E-state index in [4.69, 9.17) is 11.5 Å². The van der Waals surface area contributed by atoms with Crippen LogP contribution in [0.25, 0.3) is 0 Å². The summed E-state index contributed by atoms with van der Waals surface area (Å²) in [4.78, 5) is 21.9. The van der Waals surface area contributed by atoms with Gasteiger partial charge in [0.1, 0.15) is 0 Å². The van der Waals surface area contributed by atoms with E-state index < -0.39 is 0 Å². The van der Waals surface area contributed by atoms with E-state index in [1.165, 1.54) is 0 Å². The maximum absolute atomic E-state index is 11.3. The zero-order valence-electron chi connectivity index (χ0n) is 10.5. The highest BCUT2D eigenvalue weighted by Gasteiger charge is 2.29. The van der Waals surface area contributed by atoms with Gasteiger partial charge in [0.15, 0.2) is 0 Å². The molecular formula is C12H19N5O. The van der Waals surface area contributed by atoms with Gasteiger partial charge in [0.2, 0.25) is 11.9 Å². The van der Waals surface area contributed by atoms with Crippen LogP contribution < -0.4 is 16.4 Å². The number of hydrogen-bond donors (Lipinski definition) is 2. The largest absolute Gasteiger partial charge is 0.369 e. The molecule has 0 aliphatic carbocycles. The number of aromatic nitrogens is 2. The van der Waals surface area contributed by atoms with Crippen molar-refractivity contribution in [3.05, 3.63) is 18.0 Å². The summed E-state index contributed by atoms with van der Waals surface area (Å²) in [7, 11) is 0. The maximum atomic E-state index is 11.3. The first kappa shape index (κ1) is 12.8. The van der Waals surface area contributed by atoms with Crippen LogP contribution in [0.1, 0.15) is 25.3 Å². The summed E-state index contributed by atoms with van der Waals surface area (Å²) in [5.74, 6) is 0.287. The van der Waals surface area contributed by atoms with Crippen LogP contribution >= 0.6 is 0 Å². The zero-order chi connectivity index (χ0) is 13.1. The predicted molar refractivity (Wildman–Crippen MR) is 68.6 cm³/mol. The summed E-state index contributed by atoms with van der Waals surface area (Å²) in [6.07, 6.45) is 5.22. The normalized spacial score (nSPS) is 24.0. The molecule has 1 aliphatic rings. The predicted octanol–water partition coefficient (Wildman–Crippen LogP) is 0.0255. The molecule has 2 unspecified atom stereocenters. The lowest BCUT2D eigenvalue weighted by Crippen LogP contribution is -2.46. The molecule has 2 atom stereocenters. The lowest BCUT2D eigenvalue weighted by molar-refractivity contribution is -0.122. The number of primary amides is 1. The van der Waals surface area contributed by atoms with Gasteiger partial charge in [0.05, 0.1) is 5.92 Å². The van der Waals surface area contributed by atoms with E-state index in [1.807, 2.05) is 4.90 Å². The Bertz CT molecular complexity index is 419. The summed E-state index contributed by atoms with van der Waals surface area (Å²) in [6.45, 7) is 3.13. The average Bonchev–Trinajstić information content (AvgIpc) is 2.39. The Hall–Kier alpha value is -1.69. The van der Waals surface area contributed by atoms with Crippen molar-refractivity contribution in [1.29, 1.82) is 0 Å². The van der Waals surface area contributed by atoms with Crippen molar-refractivity contribution in [2.45, 2.75) is 32.4 Å². The number of nitrogens with two attached hydrogens (primary N) is 2. The van der Waals surface area contributed by atoms with Crippen LogP contribution in [0.3, 0.4) is 0 Å². The number of carbonyl (C=O) groups is 1. The molecule has 0 aromatic carbocycles. The third-order valence-corrected chi connectivity index (χ3v) is 3.47. The number of amides is 1. The summed E-state index contributed by atoms with van der Waals surface area (Å²) in [6, 6.07) is 0.323. The standard InChI is InChI=1S/C12H19N5O/c1-8-2-3-10(11(14)18)7-17(8)12-15-5-9(4-13)6-16-12/h5-6,8,10H,2-4,7,13H2,1H3,(H2,14,18). The third kappa shape index (κ3) is 2.59. The summed E-state index contributed by atoms with van der Waals surface area (Å²) in [5.41, 5.74) is 11.8. The molecule has 4 N–H and O–H groups in total. The van der Waals surface area contributed by atoms with Crippen LogP contribution in [-0.2, 0) is 11.3 Å². The van der Waals surface area contributed by atoms with Gasteiger partial charge in [-0.1, -0.05) is 0 Å². The van der Waals surface area contributed by atoms with Crippen molar-refractivity contribution < 1.29 is 4.79 Å². The molecule has 1 fully saturated rings. The van der Waals surface area contributed by atoms with Gasteiger partial charge in [-0.2, -0.15) is 0 Å². The number of piperidine rings is 1. The van der Waals surface area contributed by atoms with Gasteiger partial charge in [-0.3, -0.25) is 4.79 Å². The maximum Gasteiger partial charge on any atom is 0.225 e. The molecule has 0 spiro atoms. The topological polar surface area (TPSA) is 98.1 Å². The minimum absolute atomic E-state index is 0.112. The van der Waals surface area contributed by atoms with E-state index in [0.29, 0.717) is 25.1 Å². The van der Waals surface area contributed by atoms with Crippen molar-refractivity contribution in [3.63, 3.8) is 0 Å². The number of carbonyl (C=O) groups excluding carboxylic acids is 1. The molecule has 98 valence electrons. The first-order chi connectivity index (χ1) is 8.61. The molecule has 6 nitrogen and oxygen atoms in total. The Morgan fingerprint density at radius 3 is 2.67 bits per heavy atom.